The highest BCUT2D eigenvalue weighted by Crippen LogP contribution is 2.07. The molecule has 0 fully saturated rings. The second kappa shape index (κ2) is 13.7. The molecule has 0 amide bonds. The van der Waals surface area contributed by atoms with Gasteiger partial charge in [-0.1, -0.05) is 24.8 Å². The van der Waals surface area contributed by atoms with E-state index in [4.69, 9.17) is 19.3 Å². The lowest BCUT2D eigenvalue weighted by atomic mass is 10.3. The van der Waals surface area contributed by atoms with Crippen LogP contribution in [0.15, 0.2) is 43.0 Å². The Morgan fingerprint density at radius 3 is 2.40 bits per heavy atom. The number of para-hydroxylation sites is 1. The van der Waals surface area contributed by atoms with Gasteiger partial charge in [-0.3, -0.25) is 0 Å². The van der Waals surface area contributed by atoms with Crippen LogP contribution in [0.25, 0.3) is 0 Å². The topological polar surface area (TPSA) is 65.0 Å². The van der Waals surface area contributed by atoms with Gasteiger partial charge in [0.05, 0.1) is 26.4 Å². The van der Waals surface area contributed by atoms with Crippen molar-refractivity contribution in [3.05, 3.63) is 43.0 Å². The Hall–Kier alpha value is -1.69. The Kier molecular flexibility index (Phi) is 12.6. The summed E-state index contributed by atoms with van der Waals surface area (Å²) in [5, 5.41) is 8.26. The van der Waals surface area contributed by atoms with Gasteiger partial charge in [0, 0.05) is 12.7 Å². The highest BCUT2D eigenvalue weighted by atomic mass is 16.5. The second-order valence-electron chi connectivity index (χ2n) is 3.47. The predicted molar refractivity (Wildman–Crippen MR) is 76.7 cm³/mol. The molecule has 1 rings (SSSR count). The number of hydrogen-bond acceptors (Lipinski definition) is 5. The van der Waals surface area contributed by atoms with Crippen molar-refractivity contribution in [2.45, 2.75) is 6.92 Å². The molecule has 0 saturated heterocycles. The quantitative estimate of drug-likeness (QED) is 0.341. The maximum absolute atomic E-state index is 10.6. The average Bonchev–Trinajstić information content (AvgIpc) is 2.49. The van der Waals surface area contributed by atoms with Gasteiger partial charge in [0.1, 0.15) is 5.75 Å². The van der Waals surface area contributed by atoms with Crippen LogP contribution < -0.4 is 4.74 Å². The highest BCUT2D eigenvalue weighted by Gasteiger charge is 1.95. The van der Waals surface area contributed by atoms with E-state index in [1.165, 1.54) is 0 Å². The Morgan fingerprint density at radius 1 is 1.20 bits per heavy atom. The Morgan fingerprint density at radius 2 is 1.85 bits per heavy atom. The van der Waals surface area contributed by atoms with E-state index < -0.39 is 5.97 Å². The SMILES string of the molecule is C=CC(=O)Oc1ccccc1.CCOCCOCCO. The molecule has 5 heteroatoms. The molecular weight excluding hydrogens is 260 g/mol. The molecule has 1 aromatic carbocycles. The monoisotopic (exact) mass is 282 g/mol. The minimum atomic E-state index is -0.434. The van der Waals surface area contributed by atoms with Crippen LogP contribution in [0.5, 0.6) is 5.75 Å². The lowest BCUT2D eigenvalue weighted by molar-refractivity contribution is -0.128. The van der Waals surface area contributed by atoms with Crippen molar-refractivity contribution in [2.75, 3.05) is 33.0 Å². The zero-order chi connectivity index (χ0) is 15.1. The lowest BCUT2D eigenvalue weighted by Crippen LogP contribution is -2.06. The van der Waals surface area contributed by atoms with Crippen molar-refractivity contribution in [1.29, 1.82) is 0 Å². The van der Waals surface area contributed by atoms with Gasteiger partial charge in [-0.05, 0) is 19.1 Å². The molecule has 0 saturated carbocycles. The number of carbonyl (C=O) groups is 1. The van der Waals surface area contributed by atoms with Crippen molar-refractivity contribution in [1.82, 2.24) is 0 Å². The predicted octanol–water partition coefficient (Wildman–Crippen LogP) is 1.81. The van der Waals surface area contributed by atoms with Crippen molar-refractivity contribution < 1.29 is 24.1 Å². The van der Waals surface area contributed by atoms with Crippen LogP contribution in [-0.4, -0.2) is 44.1 Å². The molecule has 1 aromatic rings. The molecule has 1 N–H and O–H groups in total. The third-order valence-corrected chi connectivity index (χ3v) is 1.94. The van der Waals surface area contributed by atoms with Crippen molar-refractivity contribution in [2.24, 2.45) is 0 Å². The number of aliphatic hydroxyl groups excluding tert-OH is 1. The molecule has 0 heterocycles. The van der Waals surface area contributed by atoms with Gasteiger partial charge in [0.2, 0.25) is 0 Å². The summed E-state index contributed by atoms with van der Waals surface area (Å²) in [5.74, 6) is 0.105. The van der Waals surface area contributed by atoms with Crippen molar-refractivity contribution in [3.63, 3.8) is 0 Å². The molecule has 0 unspecified atom stereocenters. The standard InChI is InChI=1S/C9H8O2.C6H14O3/c1-2-9(10)11-8-6-4-3-5-7-8;1-2-8-5-6-9-4-3-7/h2-7H,1H2;7H,2-6H2,1H3. The first-order chi connectivity index (χ1) is 9.74. The minimum Gasteiger partial charge on any atom is -0.423 e. The molecule has 112 valence electrons. The van der Waals surface area contributed by atoms with Gasteiger partial charge in [-0.25, -0.2) is 4.79 Å². The van der Waals surface area contributed by atoms with E-state index in [2.05, 4.69) is 6.58 Å². The minimum absolute atomic E-state index is 0.0894. The zero-order valence-corrected chi connectivity index (χ0v) is 11.8. The second-order valence-corrected chi connectivity index (χ2v) is 3.47. The third kappa shape index (κ3) is 11.4. The fourth-order valence-electron chi connectivity index (χ4n) is 1.08. The molecule has 0 aliphatic heterocycles. The summed E-state index contributed by atoms with van der Waals surface area (Å²) in [6, 6.07) is 8.87. The summed E-state index contributed by atoms with van der Waals surface area (Å²) in [7, 11) is 0. The van der Waals surface area contributed by atoms with Gasteiger partial charge in [0.25, 0.3) is 0 Å². The van der Waals surface area contributed by atoms with E-state index in [0.29, 0.717) is 25.6 Å². The van der Waals surface area contributed by atoms with Crippen LogP contribution in [0.1, 0.15) is 6.92 Å². The molecule has 0 aliphatic rings. The summed E-state index contributed by atoms with van der Waals surface area (Å²) in [6.07, 6.45) is 1.13. The molecule has 0 radical (unpaired) electrons. The Labute approximate surface area is 119 Å². The summed E-state index contributed by atoms with van der Waals surface area (Å²) in [4.78, 5) is 10.6. The normalized spacial score (nSPS) is 9.30. The van der Waals surface area contributed by atoms with Crippen LogP contribution >= 0.6 is 0 Å². The van der Waals surface area contributed by atoms with Crippen molar-refractivity contribution >= 4 is 5.97 Å². The summed E-state index contributed by atoms with van der Waals surface area (Å²) < 4.78 is 14.7. The van der Waals surface area contributed by atoms with Gasteiger partial charge < -0.3 is 19.3 Å². The largest absolute Gasteiger partial charge is 0.423 e. The molecule has 20 heavy (non-hydrogen) atoms. The highest BCUT2D eigenvalue weighted by molar-refractivity contribution is 5.83. The number of hydrogen-bond donors (Lipinski definition) is 1. The van der Waals surface area contributed by atoms with E-state index in [1.54, 1.807) is 24.3 Å². The van der Waals surface area contributed by atoms with E-state index in [-0.39, 0.29) is 6.61 Å². The maximum Gasteiger partial charge on any atom is 0.335 e. The first-order valence-corrected chi connectivity index (χ1v) is 6.40. The first kappa shape index (κ1) is 18.3. The number of aliphatic hydroxyl groups is 1. The van der Waals surface area contributed by atoms with Crippen LogP contribution in [0, 0.1) is 0 Å². The molecule has 0 aliphatic carbocycles. The number of ether oxygens (including phenoxy) is 3. The van der Waals surface area contributed by atoms with Crippen LogP contribution in [-0.2, 0) is 14.3 Å². The number of benzene rings is 1. The van der Waals surface area contributed by atoms with Gasteiger partial charge in [0.15, 0.2) is 0 Å². The van der Waals surface area contributed by atoms with E-state index >= 15 is 0 Å². The molecule has 0 atom stereocenters. The average molecular weight is 282 g/mol. The number of esters is 1. The number of rotatable bonds is 8. The molecule has 0 spiro atoms. The fraction of sp³-hybridized carbons (Fsp3) is 0.400. The third-order valence-electron chi connectivity index (χ3n) is 1.94. The smallest absolute Gasteiger partial charge is 0.335 e. The molecule has 0 bridgehead atoms. The summed E-state index contributed by atoms with van der Waals surface area (Å²) in [5.41, 5.74) is 0. The zero-order valence-electron chi connectivity index (χ0n) is 11.8. The molecule has 5 nitrogen and oxygen atoms in total. The Bertz CT molecular complexity index is 345. The first-order valence-electron chi connectivity index (χ1n) is 6.40. The van der Waals surface area contributed by atoms with E-state index in [1.807, 2.05) is 13.0 Å². The number of carbonyl (C=O) groups excluding carboxylic acids is 1. The van der Waals surface area contributed by atoms with Crippen LogP contribution in [0.3, 0.4) is 0 Å². The summed E-state index contributed by atoms with van der Waals surface area (Å²) >= 11 is 0. The van der Waals surface area contributed by atoms with Gasteiger partial charge >= 0.3 is 5.97 Å². The molecular formula is C15H22O5. The Balaban J connectivity index is 0.000000370. The van der Waals surface area contributed by atoms with Gasteiger partial charge in [-0.15, -0.1) is 0 Å². The molecule has 0 aromatic heterocycles. The van der Waals surface area contributed by atoms with Crippen molar-refractivity contribution in [3.8, 4) is 5.75 Å². The van der Waals surface area contributed by atoms with E-state index in [9.17, 15) is 4.79 Å². The van der Waals surface area contributed by atoms with E-state index in [0.717, 1.165) is 12.7 Å². The fourth-order valence-corrected chi connectivity index (χ4v) is 1.08. The lowest BCUT2D eigenvalue weighted by Gasteiger charge is -2.00. The van der Waals surface area contributed by atoms with Crippen LogP contribution in [0.2, 0.25) is 0 Å². The van der Waals surface area contributed by atoms with Crippen LogP contribution in [0.4, 0.5) is 0 Å². The maximum atomic E-state index is 10.6. The van der Waals surface area contributed by atoms with Gasteiger partial charge in [-0.2, -0.15) is 0 Å². The summed E-state index contributed by atoms with van der Waals surface area (Å²) in [6.45, 7) is 7.64.